The Kier molecular flexibility index (Phi) is 8.08. The molecule has 10 aromatic rings. The van der Waals surface area contributed by atoms with Crippen molar-refractivity contribution in [3.8, 4) is 78.9 Å². The number of rotatable bonds is 7. The average molecular weight is 705 g/mol. The Morgan fingerprint density at radius 3 is 1.09 bits per heavy atom. The molecule has 0 unspecified atom stereocenters. The number of para-hydroxylation sites is 1. The topological polar surface area (TPSA) is 64.7 Å². The molecule has 7 aromatic carbocycles. The highest BCUT2D eigenvalue weighted by molar-refractivity contribution is 6.06. The van der Waals surface area contributed by atoms with Crippen LogP contribution in [-0.4, -0.2) is 19.9 Å². The zero-order valence-corrected chi connectivity index (χ0v) is 29.7. The smallest absolute Gasteiger partial charge is 0.160 e. The van der Waals surface area contributed by atoms with Crippen molar-refractivity contribution in [2.24, 2.45) is 0 Å². The van der Waals surface area contributed by atoms with Crippen molar-refractivity contribution in [1.82, 2.24) is 19.9 Å². The van der Waals surface area contributed by atoms with Crippen LogP contribution in [0.25, 0.3) is 101 Å². The second kappa shape index (κ2) is 13.8. The van der Waals surface area contributed by atoms with Crippen molar-refractivity contribution in [2.75, 3.05) is 0 Å². The number of nitrogens with zero attached hydrogens (tertiary/aromatic N) is 4. The minimum atomic E-state index is 0.612. The first-order valence-corrected chi connectivity index (χ1v) is 18.3. The van der Waals surface area contributed by atoms with Crippen molar-refractivity contribution < 1.29 is 4.42 Å². The molecule has 0 spiro atoms. The lowest BCUT2D eigenvalue weighted by atomic mass is 9.97. The minimum Gasteiger partial charge on any atom is -0.456 e. The Hall–Kier alpha value is -7.50. The lowest BCUT2D eigenvalue weighted by Gasteiger charge is -2.14. The third-order valence-electron chi connectivity index (χ3n) is 9.89. The van der Waals surface area contributed by atoms with E-state index >= 15 is 0 Å². The van der Waals surface area contributed by atoms with Gasteiger partial charge < -0.3 is 4.42 Å². The zero-order chi connectivity index (χ0) is 36.6. The van der Waals surface area contributed by atoms with Crippen molar-refractivity contribution in [1.29, 1.82) is 0 Å². The summed E-state index contributed by atoms with van der Waals surface area (Å²) in [5.74, 6) is 1.22. The molecule has 0 aliphatic heterocycles. The fraction of sp³-hybridized carbons (Fsp3) is 0. The lowest BCUT2D eigenvalue weighted by molar-refractivity contribution is 0.669. The Bertz CT molecular complexity index is 2700. The number of furan rings is 1. The summed E-state index contributed by atoms with van der Waals surface area (Å²) >= 11 is 0. The van der Waals surface area contributed by atoms with Gasteiger partial charge in [0, 0.05) is 44.2 Å². The van der Waals surface area contributed by atoms with Crippen LogP contribution >= 0.6 is 0 Å². The molecule has 0 aliphatic rings. The van der Waals surface area contributed by atoms with Crippen LogP contribution in [0.1, 0.15) is 0 Å². The van der Waals surface area contributed by atoms with E-state index in [4.69, 9.17) is 24.4 Å². The summed E-state index contributed by atoms with van der Waals surface area (Å²) in [6, 6.07) is 66.2. The van der Waals surface area contributed by atoms with Gasteiger partial charge in [0.2, 0.25) is 0 Å². The van der Waals surface area contributed by atoms with Crippen molar-refractivity contribution in [2.45, 2.75) is 0 Å². The highest BCUT2D eigenvalue weighted by atomic mass is 16.3. The molecular weight excluding hydrogens is 673 g/mol. The van der Waals surface area contributed by atoms with Gasteiger partial charge in [0.05, 0.1) is 22.8 Å². The highest BCUT2D eigenvalue weighted by Crippen LogP contribution is 2.37. The van der Waals surface area contributed by atoms with Gasteiger partial charge in [0.1, 0.15) is 11.2 Å². The molecule has 5 heteroatoms. The fourth-order valence-corrected chi connectivity index (χ4v) is 7.14. The molecule has 3 heterocycles. The molecule has 55 heavy (non-hydrogen) atoms. The van der Waals surface area contributed by atoms with E-state index < -0.39 is 0 Å². The SMILES string of the molecule is c1ccc(-c2cc(-c3ccccc3)nc(-c3cc(-c4ccc5oc6ccccc6c5c4)cc(-c4nc(-c5ccccc5)cc(-c5ccccc5)n4)c3)n2)cc1. The second-order valence-electron chi connectivity index (χ2n) is 13.5. The van der Waals surface area contributed by atoms with E-state index in [0.717, 1.165) is 89.2 Å². The van der Waals surface area contributed by atoms with E-state index in [1.165, 1.54) is 0 Å². The Balaban J connectivity index is 1.23. The summed E-state index contributed by atoms with van der Waals surface area (Å²) in [5.41, 5.74) is 12.9. The number of aromatic nitrogens is 4. The van der Waals surface area contributed by atoms with Crippen LogP contribution in [0.15, 0.2) is 199 Å². The van der Waals surface area contributed by atoms with Crippen LogP contribution in [-0.2, 0) is 0 Å². The van der Waals surface area contributed by atoms with Crippen LogP contribution in [0.5, 0.6) is 0 Å². The van der Waals surface area contributed by atoms with Gasteiger partial charge in [0.15, 0.2) is 11.6 Å². The van der Waals surface area contributed by atoms with E-state index in [1.54, 1.807) is 0 Å². The summed E-state index contributed by atoms with van der Waals surface area (Å²) in [6.07, 6.45) is 0. The van der Waals surface area contributed by atoms with Crippen LogP contribution in [0, 0.1) is 0 Å². The van der Waals surface area contributed by atoms with Crippen LogP contribution in [0.4, 0.5) is 0 Å². The summed E-state index contributed by atoms with van der Waals surface area (Å²) in [6.45, 7) is 0. The largest absolute Gasteiger partial charge is 0.456 e. The van der Waals surface area contributed by atoms with Gasteiger partial charge in [-0.05, 0) is 59.7 Å². The van der Waals surface area contributed by atoms with Gasteiger partial charge >= 0.3 is 0 Å². The van der Waals surface area contributed by atoms with Gasteiger partial charge in [-0.2, -0.15) is 0 Å². The average Bonchev–Trinajstić information content (AvgIpc) is 3.65. The van der Waals surface area contributed by atoms with Crippen LogP contribution in [0.2, 0.25) is 0 Å². The molecule has 10 rings (SSSR count). The third kappa shape index (κ3) is 6.34. The maximum Gasteiger partial charge on any atom is 0.160 e. The van der Waals surface area contributed by atoms with Crippen molar-refractivity contribution in [3.63, 3.8) is 0 Å². The van der Waals surface area contributed by atoms with E-state index in [9.17, 15) is 0 Å². The van der Waals surface area contributed by atoms with E-state index in [-0.39, 0.29) is 0 Å². The molecule has 258 valence electrons. The molecular formula is C50H32N4O. The van der Waals surface area contributed by atoms with Gasteiger partial charge in [0.25, 0.3) is 0 Å². The predicted octanol–water partition coefficient (Wildman–Crippen LogP) is 12.8. The van der Waals surface area contributed by atoms with Crippen LogP contribution < -0.4 is 0 Å². The number of benzene rings is 7. The number of hydrogen-bond acceptors (Lipinski definition) is 5. The van der Waals surface area contributed by atoms with E-state index in [0.29, 0.717) is 11.6 Å². The zero-order valence-electron chi connectivity index (χ0n) is 29.7. The molecule has 0 aliphatic carbocycles. The maximum atomic E-state index is 6.21. The molecule has 0 amide bonds. The standard InChI is InChI=1S/C50H32N4O/c1-5-15-33(16-6-1)43-31-44(34-17-7-2-8-18-34)52-49(51-43)39-27-38(37-25-26-48-42(30-37)41-23-13-14-24-47(41)55-48)28-40(29-39)50-53-45(35-19-9-3-10-20-35)32-46(54-50)36-21-11-4-12-22-36/h1-32H. The molecule has 0 radical (unpaired) electrons. The van der Waals surface area contributed by atoms with Crippen molar-refractivity contribution >= 4 is 21.9 Å². The molecule has 0 N–H and O–H groups in total. The van der Waals surface area contributed by atoms with Gasteiger partial charge in [-0.15, -0.1) is 0 Å². The summed E-state index contributed by atoms with van der Waals surface area (Å²) in [5, 5.41) is 2.14. The molecule has 0 saturated heterocycles. The molecule has 0 bridgehead atoms. The fourth-order valence-electron chi connectivity index (χ4n) is 7.14. The predicted molar refractivity (Wildman–Crippen MR) is 223 cm³/mol. The second-order valence-corrected chi connectivity index (χ2v) is 13.5. The minimum absolute atomic E-state index is 0.612. The molecule has 5 nitrogen and oxygen atoms in total. The summed E-state index contributed by atoms with van der Waals surface area (Å²) < 4.78 is 6.21. The first-order chi connectivity index (χ1) is 27.2. The van der Waals surface area contributed by atoms with E-state index in [1.807, 2.05) is 91.0 Å². The number of hydrogen-bond donors (Lipinski definition) is 0. The monoisotopic (exact) mass is 704 g/mol. The quantitative estimate of drug-likeness (QED) is 0.165. The van der Waals surface area contributed by atoms with Gasteiger partial charge in [-0.25, -0.2) is 19.9 Å². The molecule has 0 fully saturated rings. The molecule has 0 saturated carbocycles. The highest BCUT2D eigenvalue weighted by Gasteiger charge is 2.17. The number of fused-ring (bicyclic) bond motifs is 3. The summed E-state index contributed by atoms with van der Waals surface area (Å²) in [7, 11) is 0. The lowest BCUT2D eigenvalue weighted by Crippen LogP contribution is -1.99. The molecule has 3 aromatic heterocycles. The Labute approximate surface area is 318 Å². The Morgan fingerprint density at radius 1 is 0.255 bits per heavy atom. The normalized spacial score (nSPS) is 11.3. The first kappa shape index (κ1) is 32.2. The van der Waals surface area contributed by atoms with Crippen molar-refractivity contribution in [3.05, 3.63) is 194 Å². The maximum absolute atomic E-state index is 6.21. The van der Waals surface area contributed by atoms with E-state index in [2.05, 4.69) is 103 Å². The molecule has 0 atom stereocenters. The Morgan fingerprint density at radius 2 is 0.636 bits per heavy atom. The van der Waals surface area contributed by atoms with Gasteiger partial charge in [-0.3, -0.25) is 0 Å². The summed E-state index contributed by atoms with van der Waals surface area (Å²) in [4.78, 5) is 20.9. The van der Waals surface area contributed by atoms with Crippen LogP contribution in [0.3, 0.4) is 0 Å². The third-order valence-corrected chi connectivity index (χ3v) is 9.89. The first-order valence-electron chi connectivity index (χ1n) is 18.3. The van der Waals surface area contributed by atoms with Gasteiger partial charge in [-0.1, -0.05) is 146 Å².